The molecule has 1 aromatic heterocycles. The number of benzene rings is 1. The Morgan fingerprint density at radius 3 is 2.65 bits per heavy atom. The lowest BCUT2D eigenvalue weighted by molar-refractivity contribution is -0.125. The van der Waals surface area contributed by atoms with E-state index < -0.39 is 0 Å². The fourth-order valence-corrected chi connectivity index (χ4v) is 2.59. The fourth-order valence-electron chi connectivity index (χ4n) is 2.22. The summed E-state index contributed by atoms with van der Waals surface area (Å²) in [6.45, 7) is 9.80. The zero-order valence-corrected chi connectivity index (χ0v) is 13.4. The average Bonchev–Trinajstić information content (AvgIpc) is 2.60. The van der Waals surface area contributed by atoms with Crippen LogP contribution < -0.4 is 5.32 Å². The molecule has 1 aromatic carbocycles. The molecular formula is C15H21N3OS. The number of H-pyrrole nitrogens is 1. The van der Waals surface area contributed by atoms with Crippen LogP contribution in [0.5, 0.6) is 0 Å². The molecule has 2 rings (SSSR count). The van der Waals surface area contributed by atoms with Gasteiger partial charge in [-0.1, -0.05) is 6.07 Å². The number of aromatic nitrogens is 2. The molecule has 0 aliphatic carbocycles. The number of hydrogen-bond donors (Lipinski definition) is 2. The third-order valence-corrected chi connectivity index (χ3v) is 3.44. The van der Waals surface area contributed by atoms with Crippen molar-refractivity contribution in [2.45, 2.75) is 46.2 Å². The van der Waals surface area contributed by atoms with Gasteiger partial charge in [0.2, 0.25) is 5.91 Å². The van der Waals surface area contributed by atoms with Crippen LogP contribution in [0.25, 0.3) is 11.0 Å². The zero-order valence-electron chi connectivity index (χ0n) is 12.6. The minimum absolute atomic E-state index is 0.0323. The first-order valence-corrected chi connectivity index (χ1v) is 7.13. The number of carbonyl (C=O) groups excluding carboxylic acids is 1. The maximum absolute atomic E-state index is 12.3. The Balaban J connectivity index is 2.45. The highest BCUT2D eigenvalue weighted by atomic mass is 32.1. The van der Waals surface area contributed by atoms with Crippen molar-refractivity contribution in [2.24, 2.45) is 0 Å². The van der Waals surface area contributed by atoms with Gasteiger partial charge in [0.25, 0.3) is 0 Å². The lowest BCUT2D eigenvalue weighted by Crippen LogP contribution is -2.43. The molecule has 0 saturated carbocycles. The van der Waals surface area contributed by atoms with Crippen LogP contribution >= 0.6 is 12.2 Å². The number of nitrogens with one attached hydrogen (secondary N) is 2. The molecule has 1 amide bonds. The van der Waals surface area contributed by atoms with Gasteiger partial charge in [-0.25, -0.2) is 0 Å². The van der Waals surface area contributed by atoms with Gasteiger partial charge in [0.05, 0.1) is 11.0 Å². The summed E-state index contributed by atoms with van der Waals surface area (Å²) in [5.74, 6) is -0.0323. The molecule has 0 spiro atoms. The normalized spacial score (nSPS) is 13.4. The second-order valence-corrected chi connectivity index (χ2v) is 6.62. The summed E-state index contributed by atoms with van der Waals surface area (Å²) in [4.78, 5) is 15.5. The molecular weight excluding hydrogens is 270 g/mol. The van der Waals surface area contributed by atoms with E-state index in [-0.39, 0.29) is 17.5 Å². The van der Waals surface area contributed by atoms with Crippen molar-refractivity contribution in [2.75, 3.05) is 0 Å². The third-order valence-electron chi connectivity index (χ3n) is 3.14. The van der Waals surface area contributed by atoms with E-state index in [9.17, 15) is 4.79 Å². The van der Waals surface area contributed by atoms with E-state index >= 15 is 0 Å². The quantitative estimate of drug-likeness (QED) is 0.832. The predicted octanol–water partition coefficient (Wildman–Crippen LogP) is 3.48. The Morgan fingerprint density at radius 2 is 2.05 bits per heavy atom. The molecule has 20 heavy (non-hydrogen) atoms. The van der Waals surface area contributed by atoms with Gasteiger partial charge in [0.1, 0.15) is 6.04 Å². The molecule has 1 heterocycles. The maximum atomic E-state index is 12.3. The van der Waals surface area contributed by atoms with Crippen LogP contribution in [0.3, 0.4) is 0 Å². The average molecular weight is 291 g/mol. The van der Waals surface area contributed by atoms with Crippen molar-refractivity contribution in [3.63, 3.8) is 0 Å². The first kappa shape index (κ1) is 14.8. The summed E-state index contributed by atoms with van der Waals surface area (Å²) >= 11 is 5.36. The summed E-state index contributed by atoms with van der Waals surface area (Å²) in [6.07, 6.45) is 0. The highest BCUT2D eigenvalue weighted by molar-refractivity contribution is 7.71. The fraction of sp³-hybridized carbons (Fsp3) is 0.467. The summed E-state index contributed by atoms with van der Waals surface area (Å²) in [6, 6.07) is 5.71. The van der Waals surface area contributed by atoms with E-state index in [1.54, 1.807) is 0 Å². The van der Waals surface area contributed by atoms with Gasteiger partial charge in [0.15, 0.2) is 4.77 Å². The van der Waals surface area contributed by atoms with E-state index in [0.29, 0.717) is 4.77 Å². The van der Waals surface area contributed by atoms with Crippen LogP contribution in [-0.4, -0.2) is 21.0 Å². The third kappa shape index (κ3) is 2.93. The molecule has 1 unspecified atom stereocenters. The monoisotopic (exact) mass is 291 g/mol. The van der Waals surface area contributed by atoms with Crippen LogP contribution in [0, 0.1) is 11.7 Å². The second-order valence-electron chi connectivity index (χ2n) is 6.24. The first-order valence-electron chi connectivity index (χ1n) is 6.72. The molecule has 5 heteroatoms. The predicted molar refractivity (Wildman–Crippen MR) is 84.5 cm³/mol. The van der Waals surface area contributed by atoms with E-state index in [2.05, 4.69) is 10.3 Å². The minimum Gasteiger partial charge on any atom is -0.350 e. The Bertz CT molecular complexity index is 706. The smallest absolute Gasteiger partial charge is 0.243 e. The largest absolute Gasteiger partial charge is 0.350 e. The molecule has 1 atom stereocenters. The van der Waals surface area contributed by atoms with Crippen LogP contribution in [0.1, 0.15) is 39.3 Å². The van der Waals surface area contributed by atoms with E-state index in [4.69, 9.17) is 12.2 Å². The first-order chi connectivity index (χ1) is 9.19. The number of fused-ring (bicyclic) bond motifs is 1. The van der Waals surface area contributed by atoms with Crippen molar-refractivity contribution in [1.29, 1.82) is 0 Å². The summed E-state index contributed by atoms with van der Waals surface area (Å²) in [5, 5.41) is 2.99. The minimum atomic E-state index is -0.349. The topological polar surface area (TPSA) is 49.8 Å². The maximum Gasteiger partial charge on any atom is 0.243 e. The lowest BCUT2D eigenvalue weighted by atomic mass is 10.1. The molecule has 108 valence electrons. The van der Waals surface area contributed by atoms with E-state index in [0.717, 1.165) is 16.6 Å². The summed E-state index contributed by atoms with van der Waals surface area (Å²) in [5.41, 5.74) is 2.83. The highest BCUT2D eigenvalue weighted by Gasteiger charge is 2.22. The summed E-state index contributed by atoms with van der Waals surface area (Å²) in [7, 11) is 0. The molecule has 2 N–H and O–H groups in total. The van der Waals surface area contributed by atoms with Crippen LogP contribution in [-0.2, 0) is 4.79 Å². The molecule has 0 fully saturated rings. The molecule has 0 radical (unpaired) electrons. The van der Waals surface area contributed by atoms with Crippen molar-refractivity contribution in [1.82, 2.24) is 14.9 Å². The Labute approximate surface area is 124 Å². The van der Waals surface area contributed by atoms with Crippen molar-refractivity contribution in [3.05, 3.63) is 28.5 Å². The van der Waals surface area contributed by atoms with E-state index in [1.165, 1.54) is 0 Å². The Morgan fingerprint density at radius 1 is 1.40 bits per heavy atom. The Kier molecular flexibility index (Phi) is 3.73. The van der Waals surface area contributed by atoms with Crippen LogP contribution in [0.15, 0.2) is 18.2 Å². The van der Waals surface area contributed by atoms with Crippen LogP contribution in [0.2, 0.25) is 0 Å². The Hall–Kier alpha value is -1.62. The van der Waals surface area contributed by atoms with Gasteiger partial charge < -0.3 is 14.9 Å². The SMILES string of the molecule is Cc1ccc2c(c1)[nH]c(=S)n2C(C)C(=O)NC(C)(C)C. The number of nitrogens with zero attached hydrogens (tertiary/aromatic N) is 1. The van der Waals surface area contributed by atoms with Gasteiger partial charge in [-0.3, -0.25) is 4.79 Å². The van der Waals surface area contributed by atoms with E-state index in [1.807, 2.05) is 57.4 Å². The van der Waals surface area contributed by atoms with Gasteiger partial charge in [-0.15, -0.1) is 0 Å². The standard InChI is InChI=1S/C15H21N3OS/c1-9-6-7-12-11(8-9)16-14(20)18(12)10(2)13(19)17-15(3,4)5/h6-8,10H,1-5H3,(H,16,20)(H,17,19). The molecule has 2 aromatic rings. The zero-order chi connectivity index (χ0) is 15.1. The number of rotatable bonds is 2. The number of carbonyl (C=O) groups is 1. The lowest BCUT2D eigenvalue weighted by Gasteiger charge is -2.24. The molecule has 4 nitrogen and oxygen atoms in total. The molecule has 0 bridgehead atoms. The van der Waals surface area contributed by atoms with Gasteiger partial charge in [-0.2, -0.15) is 0 Å². The van der Waals surface area contributed by atoms with Gasteiger partial charge in [0, 0.05) is 5.54 Å². The molecule has 0 aliphatic rings. The van der Waals surface area contributed by atoms with Crippen LogP contribution in [0.4, 0.5) is 0 Å². The number of hydrogen-bond acceptors (Lipinski definition) is 2. The van der Waals surface area contributed by atoms with Crippen molar-refractivity contribution < 1.29 is 4.79 Å². The molecule has 0 aliphatic heterocycles. The van der Waals surface area contributed by atoms with Crippen molar-refractivity contribution in [3.8, 4) is 0 Å². The van der Waals surface area contributed by atoms with Gasteiger partial charge >= 0.3 is 0 Å². The van der Waals surface area contributed by atoms with Gasteiger partial charge in [-0.05, 0) is 64.5 Å². The second kappa shape index (κ2) is 5.05. The highest BCUT2D eigenvalue weighted by Crippen LogP contribution is 2.21. The molecule has 0 saturated heterocycles. The number of imidazole rings is 1. The number of aryl methyl sites for hydroxylation is 1. The van der Waals surface area contributed by atoms with Crippen molar-refractivity contribution >= 4 is 29.2 Å². The summed E-state index contributed by atoms with van der Waals surface area (Å²) < 4.78 is 2.44. The number of aromatic amines is 1. The number of amides is 1.